The van der Waals surface area contributed by atoms with Crippen molar-refractivity contribution >= 4 is 39.0 Å². The van der Waals surface area contributed by atoms with Crippen LogP contribution >= 0.6 is 11.3 Å². The molecule has 0 aliphatic carbocycles. The highest BCUT2D eigenvalue weighted by Gasteiger charge is 2.23. The van der Waals surface area contributed by atoms with Gasteiger partial charge in [-0.25, -0.2) is 4.79 Å². The van der Waals surface area contributed by atoms with E-state index in [2.05, 4.69) is 5.32 Å². The van der Waals surface area contributed by atoms with Gasteiger partial charge in [-0.1, -0.05) is 13.8 Å². The molecule has 122 valence electrons. The number of nitro benzene ring substituents is 1. The van der Waals surface area contributed by atoms with Crippen molar-refractivity contribution in [3.05, 3.63) is 39.3 Å². The van der Waals surface area contributed by atoms with Gasteiger partial charge in [0.25, 0.3) is 11.6 Å². The molecule has 0 bridgehead atoms. The molecule has 1 amide bonds. The Bertz CT molecular complexity index is 768. The van der Waals surface area contributed by atoms with Crippen LogP contribution in [0.3, 0.4) is 0 Å². The van der Waals surface area contributed by atoms with E-state index in [0.717, 1.165) is 4.70 Å². The van der Waals surface area contributed by atoms with Gasteiger partial charge in [0.2, 0.25) is 0 Å². The summed E-state index contributed by atoms with van der Waals surface area (Å²) < 4.78 is 0.733. The lowest BCUT2D eigenvalue weighted by Gasteiger charge is -2.15. The van der Waals surface area contributed by atoms with Crippen LogP contribution in [0.5, 0.6) is 0 Å². The van der Waals surface area contributed by atoms with E-state index >= 15 is 0 Å². The van der Waals surface area contributed by atoms with Crippen molar-refractivity contribution in [3.8, 4) is 0 Å². The summed E-state index contributed by atoms with van der Waals surface area (Å²) in [5.74, 6) is -1.44. The van der Waals surface area contributed by atoms with Crippen LogP contribution in [0.15, 0.2) is 24.3 Å². The first-order chi connectivity index (χ1) is 10.8. The molecule has 0 aliphatic heterocycles. The van der Waals surface area contributed by atoms with Gasteiger partial charge in [0.05, 0.1) is 9.80 Å². The normalized spacial score (nSPS) is 12.3. The zero-order valence-electron chi connectivity index (χ0n) is 12.6. The van der Waals surface area contributed by atoms with Crippen molar-refractivity contribution in [1.29, 1.82) is 0 Å². The average molecular weight is 336 g/mol. The van der Waals surface area contributed by atoms with Gasteiger partial charge in [-0.3, -0.25) is 14.9 Å². The van der Waals surface area contributed by atoms with Crippen LogP contribution < -0.4 is 5.32 Å². The fraction of sp³-hybridized carbons (Fsp3) is 0.333. The molecule has 2 N–H and O–H groups in total. The maximum atomic E-state index is 12.2. The highest BCUT2D eigenvalue weighted by Crippen LogP contribution is 2.29. The minimum atomic E-state index is -1.08. The molecular weight excluding hydrogens is 320 g/mol. The number of hydrogen-bond donors (Lipinski definition) is 2. The average Bonchev–Trinajstić information content (AvgIpc) is 2.88. The quantitative estimate of drug-likeness (QED) is 0.622. The number of carbonyl (C=O) groups excluding carboxylic acids is 1. The van der Waals surface area contributed by atoms with E-state index in [-0.39, 0.29) is 11.6 Å². The summed E-state index contributed by atoms with van der Waals surface area (Å²) in [7, 11) is 0. The summed E-state index contributed by atoms with van der Waals surface area (Å²) in [6.45, 7) is 3.75. The van der Waals surface area contributed by atoms with Crippen LogP contribution in [0.4, 0.5) is 5.69 Å². The number of carbonyl (C=O) groups is 2. The number of aliphatic carboxylic acids is 1. The second-order valence-electron chi connectivity index (χ2n) is 5.58. The second-order valence-corrected chi connectivity index (χ2v) is 6.67. The number of benzene rings is 1. The van der Waals surface area contributed by atoms with Gasteiger partial charge < -0.3 is 10.4 Å². The first-order valence-corrected chi connectivity index (χ1v) is 7.81. The maximum absolute atomic E-state index is 12.2. The molecule has 1 unspecified atom stereocenters. The fourth-order valence-electron chi connectivity index (χ4n) is 2.18. The summed E-state index contributed by atoms with van der Waals surface area (Å²) in [5, 5.41) is 23.0. The Labute approximate surface area is 136 Å². The minimum Gasteiger partial charge on any atom is -0.480 e. The van der Waals surface area contributed by atoms with Crippen LogP contribution in [0.2, 0.25) is 0 Å². The van der Waals surface area contributed by atoms with E-state index in [4.69, 9.17) is 5.11 Å². The molecule has 1 atom stereocenters. The predicted molar refractivity (Wildman–Crippen MR) is 86.8 cm³/mol. The van der Waals surface area contributed by atoms with Crippen LogP contribution in [-0.2, 0) is 4.79 Å². The smallest absolute Gasteiger partial charge is 0.326 e. The first-order valence-electron chi connectivity index (χ1n) is 6.99. The Morgan fingerprint density at radius 3 is 2.61 bits per heavy atom. The number of non-ortho nitro benzene ring substituents is 1. The third kappa shape index (κ3) is 4.04. The van der Waals surface area contributed by atoms with Crippen LogP contribution in [-0.4, -0.2) is 27.9 Å². The third-order valence-electron chi connectivity index (χ3n) is 3.25. The Hall–Kier alpha value is -2.48. The molecule has 2 aromatic rings. The number of nitrogens with one attached hydrogen (secondary N) is 1. The van der Waals surface area contributed by atoms with Crippen molar-refractivity contribution in [2.24, 2.45) is 5.92 Å². The Balaban J connectivity index is 2.23. The number of hydrogen-bond acceptors (Lipinski definition) is 5. The van der Waals surface area contributed by atoms with Gasteiger partial charge >= 0.3 is 5.97 Å². The molecule has 0 saturated carbocycles. The maximum Gasteiger partial charge on any atom is 0.326 e. The number of rotatable bonds is 6. The highest BCUT2D eigenvalue weighted by atomic mass is 32.1. The third-order valence-corrected chi connectivity index (χ3v) is 4.36. The molecule has 8 heteroatoms. The van der Waals surface area contributed by atoms with Gasteiger partial charge in [0.1, 0.15) is 6.04 Å². The molecule has 1 aromatic heterocycles. The summed E-state index contributed by atoms with van der Waals surface area (Å²) in [5.41, 5.74) is -0.0505. The molecule has 0 saturated heterocycles. The van der Waals surface area contributed by atoms with E-state index in [1.165, 1.54) is 29.5 Å². The molecule has 23 heavy (non-hydrogen) atoms. The second kappa shape index (κ2) is 6.74. The van der Waals surface area contributed by atoms with Gasteiger partial charge in [-0.2, -0.15) is 0 Å². The molecular formula is C15H16N2O5S. The Morgan fingerprint density at radius 1 is 1.35 bits per heavy atom. The lowest BCUT2D eigenvalue weighted by atomic mass is 10.0. The standard InChI is InChI=1S/C15H16N2O5S/c1-8(2)5-11(15(19)20)16-14(18)13-7-9-6-10(17(21)22)3-4-12(9)23-13/h3-4,6-8,11H,5H2,1-2H3,(H,16,18)(H,19,20). The lowest BCUT2D eigenvalue weighted by molar-refractivity contribution is -0.384. The first kappa shape index (κ1) is 16.9. The van der Waals surface area contributed by atoms with Crippen molar-refractivity contribution in [2.75, 3.05) is 0 Å². The molecule has 0 aliphatic rings. The number of fused-ring (bicyclic) bond motifs is 1. The largest absolute Gasteiger partial charge is 0.480 e. The number of carboxylic acids is 1. The molecule has 0 fully saturated rings. The van der Waals surface area contributed by atoms with Gasteiger partial charge in [-0.05, 0) is 24.5 Å². The summed E-state index contributed by atoms with van der Waals surface area (Å²) in [4.78, 5) is 34.0. The van der Waals surface area contributed by atoms with Gasteiger partial charge in [-0.15, -0.1) is 11.3 Å². The molecule has 7 nitrogen and oxygen atoms in total. The molecule has 2 rings (SSSR count). The highest BCUT2D eigenvalue weighted by molar-refractivity contribution is 7.20. The number of carboxylic acid groups (broad SMARTS) is 1. The summed E-state index contributed by atoms with van der Waals surface area (Å²) in [6, 6.07) is 4.93. The Morgan fingerprint density at radius 2 is 2.04 bits per heavy atom. The van der Waals surface area contributed by atoms with E-state index < -0.39 is 22.8 Å². The fourth-order valence-corrected chi connectivity index (χ4v) is 3.12. The van der Waals surface area contributed by atoms with Crippen LogP contribution in [0.25, 0.3) is 10.1 Å². The van der Waals surface area contributed by atoms with Crippen LogP contribution in [0.1, 0.15) is 29.9 Å². The number of thiophene rings is 1. The molecule has 1 heterocycles. The topological polar surface area (TPSA) is 110 Å². The number of nitrogens with zero attached hydrogens (tertiary/aromatic N) is 1. The van der Waals surface area contributed by atoms with Crippen molar-refractivity contribution in [2.45, 2.75) is 26.3 Å². The van der Waals surface area contributed by atoms with Crippen molar-refractivity contribution in [3.63, 3.8) is 0 Å². The summed E-state index contributed by atoms with van der Waals surface area (Å²) in [6.07, 6.45) is 0.331. The SMILES string of the molecule is CC(C)CC(NC(=O)c1cc2cc([N+](=O)[O-])ccc2s1)C(=O)O. The molecule has 0 radical (unpaired) electrons. The molecule has 1 aromatic carbocycles. The number of nitro groups is 1. The lowest BCUT2D eigenvalue weighted by Crippen LogP contribution is -2.41. The monoisotopic (exact) mass is 336 g/mol. The van der Waals surface area contributed by atoms with E-state index in [0.29, 0.717) is 16.7 Å². The minimum absolute atomic E-state index is 0.0505. The Kier molecular flexibility index (Phi) is 4.95. The predicted octanol–water partition coefficient (Wildman–Crippen LogP) is 3.04. The van der Waals surface area contributed by atoms with Crippen LogP contribution in [0, 0.1) is 16.0 Å². The molecule has 0 spiro atoms. The van der Waals surface area contributed by atoms with E-state index in [9.17, 15) is 19.7 Å². The van der Waals surface area contributed by atoms with Gasteiger partial charge in [0, 0.05) is 22.2 Å². The van der Waals surface area contributed by atoms with Gasteiger partial charge in [0.15, 0.2) is 0 Å². The van der Waals surface area contributed by atoms with E-state index in [1.54, 1.807) is 6.07 Å². The zero-order chi connectivity index (χ0) is 17.1. The number of amides is 1. The van der Waals surface area contributed by atoms with Crippen molar-refractivity contribution < 1.29 is 19.6 Å². The summed E-state index contributed by atoms with van der Waals surface area (Å²) >= 11 is 1.17. The van der Waals surface area contributed by atoms with E-state index in [1.807, 2.05) is 13.8 Å². The zero-order valence-corrected chi connectivity index (χ0v) is 13.4. The van der Waals surface area contributed by atoms with Crippen molar-refractivity contribution in [1.82, 2.24) is 5.32 Å².